The van der Waals surface area contributed by atoms with E-state index in [4.69, 9.17) is 16.3 Å². The van der Waals surface area contributed by atoms with Gasteiger partial charge in [-0.3, -0.25) is 9.52 Å². The Labute approximate surface area is 187 Å². The van der Waals surface area contributed by atoms with Crippen LogP contribution in [0.1, 0.15) is 16.7 Å². The lowest BCUT2D eigenvalue weighted by Gasteiger charge is -2.11. The van der Waals surface area contributed by atoms with Gasteiger partial charge in [0.2, 0.25) is 0 Å². The van der Waals surface area contributed by atoms with E-state index in [0.717, 1.165) is 16.7 Å². The molecule has 0 saturated carbocycles. The number of benzene rings is 3. The highest BCUT2D eigenvalue weighted by Crippen LogP contribution is 2.22. The molecule has 3 aromatic carbocycles. The largest absolute Gasteiger partial charge is 0.484 e. The number of hydrogen-bond donors (Lipinski definition) is 2. The van der Waals surface area contributed by atoms with Crippen molar-refractivity contribution in [1.82, 2.24) is 0 Å². The van der Waals surface area contributed by atoms with Crippen LogP contribution in [0.4, 0.5) is 11.4 Å². The topological polar surface area (TPSA) is 84.5 Å². The Hall–Kier alpha value is -3.03. The molecule has 0 aliphatic heterocycles. The van der Waals surface area contributed by atoms with Gasteiger partial charge in [0.1, 0.15) is 5.75 Å². The van der Waals surface area contributed by atoms with Crippen molar-refractivity contribution in [3.05, 3.63) is 82.4 Å². The maximum atomic E-state index is 12.6. The molecule has 0 atom stereocenters. The van der Waals surface area contributed by atoms with E-state index in [1.54, 1.807) is 30.3 Å². The van der Waals surface area contributed by atoms with Crippen LogP contribution in [0.15, 0.2) is 65.6 Å². The lowest BCUT2D eigenvalue weighted by molar-refractivity contribution is -0.118. The summed E-state index contributed by atoms with van der Waals surface area (Å²) in [6.07, 6.45) is 0. The third-order valence-electron chi connectivity index (χ3n) is 4.42. The number of aryl methyl sites for hydroxylation is 3. The van der Waals surface area contributed by atoms with E-state index in [-0.39, 0.29) is 17.4 Å². The first-order valence-corrected chi connectivity index (χ1v) is 11.4. The Kier molecular flexibility index (Phi) is 6.87. The zero-order valence-corrected chi connectivity index (χ0v) is 19.0. The lowest BCUT2D eigenvalue weighted by atomic mass is 10.1. The first kappa shape index (κ1) is 22.7. The molecule has 0 aliphatic carbocycles. The molecule has 0 saturated heterocycles. The summed E-state index contributed by atoms with van der Waals surface area (Å²) in [4.78, 5) is 12.2. The second kappa shape index (κ2) is 9.41. The predicted octanol–water partition coefficient (Wildman–Crippen LogP) is 5.08. The molecule has 2 N–H and O–H groups in total. The Morgan fingerprint density at radius 2 is 1.55 bits per heavy atom. The van der Waals surface area contributed by atoms with Gasteiger partial charge in [0.05, 0.1) is 4.90 Å². The first-order valence-electron chi connectivity index (χ1n) is 9.52. The smallest absolute Gasteiger partial charge is 0.262 e. The van der Waals surface area contributed by atoms with Crippen LogP contribution < -0.4 is 14.8 Å². The third-order valence-corrected chi connectivity index (χ3v) is 6.24. The number of halogens is 1. The van der Waals surface area contributed by atoms with Crippen LogP contribution in [0.2, 0.25) is 5.02 Å². The van der Waals surface area contributed by atoms with Crippen LogP contribution in [0.3, 0.4) is 0 Å². The van der Waals surface area contributed by atoms with Gasteiger partial charge in [0.15, 0.2) is 6.61 Å². The second-order valence-corrected chi connectivity index (χ2v) is 9.34. The van der Waals surface area contributed by atoms with E-state index in [1.165, 1.54) is 24.3 Å². The minimum Gasteiger partial charge on any atom is -0.484 e. The Morgan fingerprint density at radius 1 is 0.903 bits per heavy atom. The minimum absolute atomic E-state index is 0.0950. The van der Waals surface area contributed by atoms with Crippen molar-refractivity contribution in [1.29, 1.82) is 0 Å². The van der Waals surface area contributed by atoms with Gasteiger partial charge in [0, 0.05) is 16.4 Å². The van der Waals surface area contributed by atoms with Gasteiger partial charge in [-0.15, -0.1) is 0 Å². The number of hydrogen-bond acceptors (Lipinski definition) is 4. The Morgan fingerprint density at radius 3 is 2.16 bits per heavy atom. The van der Waals surface area contributed by atoms with E-state index < -0.39 is 10.0 Å². The van der Waals surface area contributed by atoms with Crippen LogP contribution in [0.25, 0.3) is 0 Å². The Balaban J connectivity index is 1.61. The fourth-order valence-corrected chi connectivity index (χ4v) is 4.18. The molecule has 3 rings (SSSR count). The summed E-state index contributed by atoms with van der Waals surface area (Å²) in [5.74, 6) is 0.174. The molecule has 31 heavy (non-hydrogen) atoms. The van der Waals surface area contributed by atoms with Crippen LogP contribution >= 0.6 is 11.6 Å². The fraction of sp³-hybridized carbons (Fsp3) is 0.174. The van der Waals surface area contributed by atoms with Crippen molar-refractivity contribution in [3.63, 3.8) is 0 Å². The third kappa shape index (κ3) is 6.23. The summed E-state index contributed by atoms with van der Waals surface area (Å²) in [7, 11) is -3.74. The van der Waals surface area contributed by atoms with Crippen molar-refractivity contribution in [3.8, 4) is 5.75 Å². The number of sulfonamides is 1. The molecule has 1 amide bonds. The zero-order valence-electron chi connectivity index (χ0n) is 17.4. The summed E-state index contributed by atoms with van der Waals surface area (Å²) in [5, 5.41) is 3.30. The molecule has 0 fully saturated rings. The molecule has 0 aromatic heterocycles. The summed E-state index contributed by atoms with van der Waals surface area (Å²) in [6, 6.07) is 16.6. The molecule has 6 nitrogen and oxygen atoms in total. The maximum Gasteiger partial charge on any atom is 0.262 e. The molecule has 162 valence electrons. The fourth-order valence-electron chi connectivity index (χ4n) is 3.02. The maximum absolute atomic E-state index is 12.6. The second-order valence-electron chi connectivity index (χ2n) is 7.25. The molecule has 0 heterocycles. The molecule has 0 bridgehead atoms. The molecule has 0 aliphatic rings. The van der Waals surface area contributed by atoms with Gasteiger partial charge in [-0.05, 0) is 92.1 Å². The van der Waals surface area contributed by atoms with E-state index in [0.29, 0.717) is 22.1 Å². The van der Waals surface area contributed by atoms with E-state index in [1.807, 2.05) is 26.8 Å². The van der Waals surface area contributed by atoms with Gasteiger partial charge in [-0.25, -0.2) is 8.42 Å². The number of nitrogens with one attached hydrogen (secondary N) is 2. The summed E-state index contributed by atoms with van der Waals surface area (Å²) in [5.41, 5.74) is 3.75. The monoisotopic (exact) mass is 458 g/mol. The molecular weight excluding hydrogens is 436 g/mol. The van der Waals surface area contributed by atoms with Crippen LogP contribution in [0.5, 0.6) is 5.75 Å². The molecule has 0 spiro atoms. The standard InChI is InChI=1S/C23H23ClN2O4S/c1-15-10-16(2)12-19(11-15)26-31(28,29)21-7-4-18(5-8-21)25-23(27)14-30-20-6-9-22(24)17(3)13-20/h4-13,26H,14H2,1-3H3,(H,25,27). The summed E-state index contributed by atoms with van der Waals surface area (Å²) in [6.45, 7) is 5.47. The van der Waals surface area contributed by atoms with Crippen molar-refractivity contribution >= 4 is 38.9 Å². The van der Waals surface area contributed by atoms with Crippen molar-refractivity contribution in [2.75, 3.05) is 16.6 Å². The van der Waals surface area contributed by atoms with Crippen LogP contribution in [-0.2, 0) is 14.8 Å². The molecule has 0 unspecified atom stereocenters. The van der Waals surface area contributed by atoms with Gasteiger partial charge >= 0.3 is 0 Å². The number of rotatable bonds is 7. The van der Waals surface area contributed by atoms with Crippen LogP contribution in [-0.4, -0.2) is 20.9 Å². The highest BCUT2D eigenvalue weighted by atomic mass is 35.5. The van der Waals surface area contributed by atoms with E-state index in [9.17, 15) is 13.2 Å². The minimum atomic E-state index is -3.74. The quantitative estimate of drug-likeness (QED) is 0.516. The molecular formula is C23H23ClN2O4S. The van der Waals surface area contributed by atoms with E-state index >= 15 is 0 Å². The Bertz CT molecular complexity index is 1190. The summed E-state index contributed by atoms with van der Waals surface area (Å²) >= 11 is 5.97. The lowest BCUT2D eigenvalue weighted by Crippen LogP contribution is -2.20. The zero-order chi connectivity index (χ0) is 22.6. The normalized spacial score (nSPS) is 11.1. The van der Waals surface area contributed by atoms with Gasteiger partial charge < -0.3 is 10.1 Å². The molecule has 0 radical (unpaired) electrons. The first-order chi connectivity index (χ1) is 14.6. The van der Waals surface area contributed by atoms with Crippen molar-refractivity contribution < 1.29 is 17.9 Å². The molecule has 3 aromatic rings. The predicted molar refractivity (Wildman–Crippen MR) is 123 cm³/mol. The number of anilines is 2. The van der Waals surface area contributed by atoms with Crippen molar-refractivity contribution in [2.45, 2.75) is 25.7 Å². The average Bonchev–Trinajstić information content (AvgIpc) is 2.68. The van der Waals surface area contributed by atoms with Crippen LogP contribution in [0, 0.1) is 20.8 Å². The number of carbonyl (C=O) groups is 1. The molecule has 8 heteroatoms. The van der Waals surface area contributed by atoms with Gasteiger partial charge in [-0.1, -0.05) is 17.7 Å². The van der Waals surface area contributed by atoms with Gasteiger partial charge in [0.25, 0.3) is 15.9 Å². The number of carbonyl (C=O) groups excluding carboxylic acids is 1. The van der Waals surface area contributed by atoms with Gasteiger partial charge in [-0.2, -0.15) is 0 Å². The van der Waals surface area contributed by atoms with E-state index in [2.05, 4.69) is 10.0 Å². The highest BCUT2D eigenvalue weighted by Gasteiger charge is 2.15. The highest BCUT2D eigenvalue weighted by molar-refractivity contribution is 7.92. The SMILES string of the molecule is Cc1cc(C)cc(NS(=O)(=O)c2ccc(NC(=O)COc3ccc(Cl)c(C)c3)cc2)c1. The number of ether oxygens (including phenoxy) is 1. The average molecular weight is 459 g/mol. The van der Waals surface area contributed by atoms with Crippen molar-refractivity contribution in [2.24, 2.45) is 0 Å². The summed E-state index contributed by atoms with van der Waals surface area (Å²) < 4.78 is 33.3. The number of amides is 1.